The van der Waals surface area contributed by atoms with Crippen LogP contribution in [0.15, 0.2) is 60.8 Å². The Hall–Kier alpha value is -3.39. The van der Waals surface area contributed by atoms with Gasteiger partial charge in [0.25, 0.3) is 5.91 Å². The highest BCUT2D eigenvalue weighted by atomic mass is 32.1. The number of aromatic nitrogens is 3. The van der Waals surface area contributed by atoms with Gasteiger partial charge in [-0.25, -0.2) is 9.50 Å². The lowest BCUT2D eigenvalue weighted by atomic mass is 10.1. The van der Waals surface area contributed by atoms with Gasteiger partial charge in [-0.2, -0.15) is 0 Å². The summed E-state index contributed by atoms with van der Waals surface area (Å²) in [4.78, 5) is 19.2. The molecule has 0 atom stereocenters. The molecule has 0 saturated heterocycles. The van der Waals surface area contributed by atoms with E-state index in [0.717, 1.165) is 27.1 Å². The number of nitrogens with zero attached hydrogens (tertiary/aromatic N) is 4. The molecule has 1 amide bonds. The minimum Gasteiger partial charge on any atom is -0.492 e. The van der Waals surface area contributed by atoms with Crippen LogP contribution in [0.4, 0.5) is 5.13 Å². The molecular formula is C21H21N5O2S. The van der Waals surface area contributed by atoms with Crippen LogP contribution in [0.2, 0.25) is 0 Å². The maximum absolute atomic E-state index is 12.2. The van der Waals surface area contributed by atoms with Gasteiger partial charge in [-0.1, -0.05) is 41.7 Å². The number of hydrogen-bond acceptors (Lipinski definition) is 6. The lowest BCUT2D eigenvalue weighted by Gasteiger charge is -2.10. The summed E-state index contributed by atoms with van der Waals surface area (Å²) in [6, 6.07) is 17.2. The zero-order valence-corrected chi connectivity index (χ0v) is 17.0. The van der Waals surface area contributed by atoms with E-state index in [1.807, 2.05) is 60.8 Å². The van der Waals surface area contributed by atoms with E-state index in [0.29, 0.717) is 18.7 Å². The predicted octanol–water partition coefficient (Wildman–Crippen LogP) is 3.65. The van der Waals surface area contributed by atoms with E-state index in [1.165, 1.54) is 11.3 Å². The third-order valence-electron chi connectivity index (χ3n) is 4.24. The Labute approximate surface area is 172 Å². The maximum Gasteiger partial charge on any atom is 0.253 e. The molecular weight excluding hydrogens is 386 g/mol. The van der Waals surface area contributed by atoms with Crippen molar-refractivity contribution in [3.8, 4) is 17.0 Å². The van der Waals surface area contributed by atoms with Crippen molar-refractivity contribution >= 4 is 27.3 Å². The number of carbonyl (C=O) groups is 1. The number of carbonyl (C=O) groups excluding carboxylic acids is 1. The van der Waals surface area contributed by atoms with Crippen LogP contribution < -0.4 is 10.1 Å². The van der Waals surface area contributed by atoms with E-state index in [-0.39, 0.29) is 5.91 Å². The van der Waals surface area contributed by atoms with Crippen LogP contribution in [0, 0.1) is 0 Å². The van der Waals surface area contributed by atoms with E-state index in [1.54, 1.807) is 23.5 Å². The third-order valence-corrected chi connectivity index (χ3v) is 5.13. The molecule has 0 aliphatic carbocycles. The van der Waals surface area contributed by atoms with E-state index >= 15 is 0 Å². The van der Waals surface area contributed by atoms with Crippen LogP contribution in [0.5, 0.6) is 5.75 Å². The zero-order chi connectivity index (χ0) is 20.2. The summed E-state index contributed by atoms with van der Waals surface area (Å²) >= 11 is 1.47. The number of fused-ring (bicyclic) bond motifs is 1. The molecule has 0 bridgehead atoms. The maximum atomic E-state index is 12.2. The first-order valence-electron chi connectivity index (χ1n) is 9.20. The Balaban J connectivity index is 1.41. The second-order valence-electron chi connectivity index (χ2n) is 6.63. The molecule has 0 spiro atoms. The summed E-state index contributed by atoms with van der Waals surface area (Å²) in [5, 5.41) is 8.56. The monoisotopic (exact) mass is 407 g/mol. The average Bonchev–Trinajstić information content (AvgIpc) is 3.30. The first kappa shape index (κ1) is 18.9. The van der Waals surface area contributed by atoms with E-state index in [2.05, 4.69) is 15.4 Å². The average molecular weight is 407 g/mol. The fraction of sp³-hybridized carbons (Fsp3) is 0.190. The van der Waals surface area contributed by atoms with Crippen molar-refractivity contribution in [3.63, 3.8) is 0 Å². The van der Waals surface area contributed by atoms with Gasteiger partial charge in [0.15, 0.2) is 0 Å². The summed E-state index contributed by atoms with van der Waals surface area (Å²) in [6.07, 6.45) is 1.87. The standard InChI is InChI=1S/C21H21N5O2S/c1-25(2)19(27)16-8-6-7-15(13-16)18-14-26-21(23-18)29-20(24-26)22-11-12-28-17-9-4-3-5-10-17/h3-10,13-14H,11-12H2,1-2H3,(H,22,24). The molecule has 0 unspecified atom stereocenters. The molecule has 8 heteroatoms. The van der Waals surface area contributed by atoms with Gasteiger partial charge in [-0.3, -0.25) is 4.79 Å². The molecule has 0 aliphatic heterocycles. The van der Waals surface area contributed by atoms with Crippen molar-refractivity contribution in [2.24, 2.45) is 0 Å². The van der Waals surface area contributed by atoms with E-state index in [4.69, 9.17) is 4.74 Å². The van der Waals surface area contributed by atoms with Crippen molar-refractivity contribution in [2.45, 2.75) is 0 Å². The Morgan fingerprint density at radius 2 is 2.00 bits per heavy atom. The van der Waals surface area contributed by atoms with Crippen molar-refractivity contribution in [2.75, 3.05) is 32.6 Å². The quantitative estimate of drug-likeness (QED) is 0.474. The second-order valence-corrected chi connectivity index (χ2v) is 7.59. The van der Waals surface area contributed by atoms with Gasteiger partial charge in [0.1, 0.15) is 12.4 Å². The number of amides is 1. The number of rotatable bonds is 7. The van der Waals surface area contributed by atoms with Crippen molar-refractivity contribution < 1.29 is 9.53 Å². The highest BCUT2D eigenvalue weighted by Crippen LogP contribution is 2.25. The van der Waals surface area contributed by atoms with Crippen molar-refractivity contribution in [1.82, 2.24) is 19.5 Å². The number of imidazole rings is 1. The SMILES string of the molecule is CN(C)C(=O)c1cccc(-c2cn3nc(NCCOc4ccccc4)sc3n2)c1. The molecule has 4 rings (SSSR count). The molecule has 0 saturated carbocycles. The van der Waals surface area contributed by atoms with Crippen LogP contribution in [0.3, 0.4) is 0 Å². The fourth-order valence-electron chi connectivity index (χ4n) is 2.82. The molecule has 0 radical (unpaired) electrons. The first-order valence-corrected chi connectivity index (χ1v) is 10.0. The lowest BCUT2D eigenvalue weighted by Crippen LogP contribution is -2.21. The van der Waals surface area contributed by atoms with Crippen molar-refractivity contribution in [1.29, 1.82) is 0 Å². The summed E-state index contributed by atoms with van der Waals surface area (Å²) in [5.41, 5.74) is 2.31. The van der Waals surface area contributed by atoms with Gasteiger partial charge in [0, 0.05) is 25.2 Å². The number of para-hydroxylation sites is 1. The molecule has 2 aromatic carbocycles. The Morgan fingerprint density at radius 3 is 2.76 bits per heavy atom. The third kappa shape index (κ3) is 4.38. The smallest absolute Gasteiger partial charge is 0.253 e. The van der Waals surface area contributed by atoms with Gasteiger partial charge in [-0.15, -0.1) is 5.10 Å². The Morgan fingerprint density at radius 1 is 1.17 bits per heavy atom. The molecule has 2 aromatic heterocycles. The number of anilines is 1. The zero-order valence-electron chi connectivity index (χ0n) is 16.2. The summed E-state index contributed by atoms with van der Waals surface area (Å²) in [7, 11) is 3.48. The largest absolute Gasteiger partial charge is 0.492 e. The summed E-state index contributed by atoms with van der Waals surface area (Å²) in [5.74, 6) is 0.818. The van der Waals surface area contributed by atoms with Crippen LogP contribution in [0.1, 0.15) is 10.4 Å². The van der Waals surface area contributed by atoms with Gasteiger partial charge in [0.2, 0.25) is 10.1 Å². The highest BCUT2D eigenvalue weighted by molar-refractivity contribution is 7.20. The Bertz CT molecular complexity index is 1090. The first-order chi connectivity index (χ1) is 14.1. The molecule has 1 N–H and O–H groups in total. The normalized spacial score (nSPS) is 10.8. The minimum atomic E-state index is -0.0322. The van der Waals surface area contributed by atoms with Gasteiger partial charge >= 0.3 is 0 Å². The van der Waals surface area contributed by atoms with Gasteiger partial charge in [0.05, 0.1) is 18.4 Å². The molecule has 29 heavy (non-hydrogen) atoms. The Kier molecular flexibility index (Phi) is 5.44. The number of nitrogens with one attached hydrogen (secondary N) is 1. The summed E-state index contributed by atoms with van der Waals surface area (Å²) < 4.78 is 7.42. The molecule has 0 fully saturated rings. The molecule has 148 valence electrons. The summed E-state index contributed by atoms with van der Waals surface area (Å²) in [6.45, 7) is 1.19. The van der Waals surface area contributed by atoms with Crippen LogP contribution in [-0.4, -0.2) is 52.7 Å². The molecule has 0 aliphatic rings. The van der Waals surface area contributed by atoms with E-state index < -0.39 is 0 Å². The molecule has 4 aromatic rings. The number of hydrogen-bond donors (Lipinski definition) is 1. The number of ether oxygens (including phenoxy) is 1. The van der Waals surface area contributed by atoms with Crippen LogP contribution in [-0.2, 0) is 0 Å². The van der Waals surface area contributed by atoms with Gasteiger partial charge in [-0.05, 0) is 24.3 Å². The highest BCUT2D eigenvalue weighted by Gasteiger charge is 2.13. The predicted molar refractivity (Wildman–Crippen MR) is 115 cm³/mol. The molecule has 2 heterocycles. The van der Waals surface area contributed by atoms with Gasteiger partial charge < -0.3 is 15.0 Å². The topological polar surface area (TPSA) is 71.8 Å². The minimum absolute atomic E-state index is 0.0322. The lowest BCUT2D eigenvalue weighted by molar-refractivity contribution is 0.0827. The van der Waals surface area contributed by atoms with Crippen molar-refractivity contribution in [3.05, 3.63) is 66.4 Å². The fourth-order valence-corrected chi connectivity index (χ4v) is 3.63. The number of benzene rings is 2. The van der Waals surface area contributed by atoms with E-state index in [9.17, 15) is 4.79 Å². The van der Waals surface area contributed by atoms with Crippen LogP contribution in [0.25, 0.3) is 16.2 Å². The van der Waals surface area contributed by atoms with Crippen LogP contribution >= 0.6 is 11.3 Å². The molecule has 7 nitrogen and oxygen atoms in total. The second kappa shape index (κ2) is 8.32.